The Morgan fingerprint density at radius 3 is 3.22 bits per heavy atom. The van der Waals surface area contributed by atoms with Gasteiger partial charge in [0.1, 0.15) is 12.0 Å². The second-order valence-corrected chi connectivity index (χ2v) is 4.25. The van der Waals surface area contributed by atoms with Gasteiger partial charge in [0.2, 0.25) is 0 Å². The molecule has 0 saturated carbocycles. The number of aliphatic hydroxyl groups is 1. The molecule has 1 fully saturated rings. The van der Waals surface area contributed by atoms with E-state index in [2.05, 4.69) is 21.1 Å². The summed E-state index contributed by atoms with van der Waals surface area (Å²) in [5.74, 6) is 0.753. The van der Waals surface area contributed by atoms with Gasteiger partial charge in [-0.1, -0.05) is 0 Å². The normalized spacial score (nSPS) is 30.1. The number of hydrazone groups is 1. The van der Waals surface area contributed by atoms with Crippen LogP contribution in [-0.2, 0) is 4.74 Å². The van der Waals surface area contributed by atoms with E-state index < -0.39 is 0 Å². The van der Waals surface area contributed by atoms with Gasteiger partial charge in [0, 0.05) is 7.05 Å². The quantitative estimate of drug-likeness (QED) is 0.593. The SMILES string of the molecule is CNN1C=NC=C2C1=NNN2[C@@H]1CC[C@@H](CO)O1. The molecular formula is C10H16N6O2. The fourth-order valence-electron chi connectivity index (χ4n) is 2.24. The van der Waals surface area contributed by atoms with Gasteiger partial charge in [-0.2, -0.15) is 0 Å². The van der Waals surface area contributed by atoms with Gasteiger partial charge < -0.3 is 9.84 Å². The van der Waals surface area contributed by atoms with Crippen LogP contribution in [0.4, 0.5) is 0 Å². The molecule has 0 amide bonds. The Bertz CT molecular complexity index is 421. The molecule has 0 aromatic heterocycles. The fraction of sp³-hybridized carbons (Fsp3) is 0.600. The molecule has 0 aromatic rings. The predicted octanol–water partition coefficient (Wildman–Crippen LogP) is -1.06. The summed E-state index contributed by atoms with van der Waals surface area (Å²) in [6.07, 6.45) is 4.88. The van der Waals surface area contributed by atoms with Gasteiger partial charge in [-0.3, -0.25) is 0 Å². The van der Waals surface area contributed by atoms with Crippen LogP contribution in [0.2, 0.25) is 0 Å². The Balaban J connectivity index is 1.74. The van der Waals surface area contributed by atoms with Crippen molar-refractivity contribution in [3.63, 3.8) is 0 Å². The zero-order chi connectivity index (χ0) is 12.5. The molecule has 3 rings (SSSR count). The van der Waals surface area contributed by atoms with Crippen molar-refractivity contribution in [1.29, 1.82) is 0 Å². The summed E-state index contributed by atoms with van der Waals surface area (Å²) in [6.45, 7) is 0.0535. The number of hydrogen-bond donors (Lipinski definition) is 3. The van der Waals surface area contributed by atoms with E-state index in [1.807, 2.05) is 5.01 Å². The number of hydrazine groups is 2. The third-order valence-electron chi connectivity index (χ3n) is 3.18. The molecule has 8 nitrogen and oxygen atoms in total. The Morgan fingerprint density at radius 2 is 2.50 bits per heavy atom. The number of nitrogens with zero attached hydrogens (tertiary/aromatic N) is 4. The van der Waals surface area contributed by atoms with Crippen LogP contribution in [0.1, 0.15) is 12.8 Å². The first-order valence-corrected chi connectivity index (χ1v) is 5.93. The van der Waals surface area contributed by atoms with Crippen LogP contribution >= 0.6 is 0 Å². The minimum atomic E-state index is -0.123. The van der Waals surface area contributed by atoms with Gasteiger partial charge in [-0.05, 0) is 12.8 Å². The molecule has 98 valence electrons. The predicted molar refractivity (Wildman–Crippen MR) is 64.9 cm³/mol. The maximum atomic E-state index is 9.09. The zero-order valence-corrected chi connectivity index (χ0v) is 10.1. The number of hydrogen-bond acceptors (Lipinski definition) is 8. The van der Waals surface area contributed by atoms with Crippen molar-refractivity contribution in [2.24, 2.45) is 10.1 Å². The Morgan fingerprint density at radius 1 is 1.61 bits per heavy atom. The van der Waals surface area contributed by atoms with Crippen LogP contribution in [0.3, 0.4) is 0 Å². The van der Waals surface area contributed by atoms with Crippen LogP contribution in [0, 0.1) is 0 Å². The number of aliphatic hydroxyl groups excluding tert-OH is 1. The molecule has 0 aromatic carbocycles. The molecule has 0 radical (unpaired) electrons. The lowest BCUT2D eigenvalue weighted by Gasteiger charge is -2.28. The third-order valence-corrected chi connectivity index (χ3v) is 3.18. The third kappa shape index (κ3) is 1.74. The van der Waals surface area contributed by atoms with E-state index in [4.69, 9.17) is 9.84 Å². The molecule has 2 atom stereocenters. The first-order valence-electron chi connectivity index (χ1n) is 5.93. The number of ether oxygens (including phenoxy) is 1. The summed E-state index contributed by atoms with van der Waals surface area (Å²) in [5.41, 5.74) is 6.76. The Hall–Kier alpha value is -1.64. The summed E-state index contributed by atoms with van der Waals surface area (Å²) >= 11 is 0. The van der Waals surface area contributed by atoms with E-state index in [-0.39, 0.29) is 18.9 Å². The topological polar surface area (TPSA) is 84.7 Å². The van der Waals surface area contributed by atoms with Gasteiger partial charge in [0.15, 0.2) is 12.1 Å². The van der Waals surface area contributed by atoms with Gasteiger partial charge in [-0.15, -0.1) is 5.10 Å². The molecular weight excluding hydrogens is 236 g/mol. The highest BCUT2D eigenvalue weighted by Crippen LogP contribution is 2.27. The monoisotopic (exact) mass is 252 g/mol. The van der Waals surface area contributed by atoms with Crippen molar-refractivity contribution >= 4 is 12.2 Å². The molecule has 0 unspecified atom stereocenters. The van der Waals surface area contributed by atoms with Gasteiger partial charge in [-0.25, -0.2) is 26.0 Å². The van der Waals surface area contributed by atoms with Crippen LogP contribution in [0.15, 0.2) is 22.0 Å². The maximum Gasteiger partial charge on any atom is 0.197 e. The summed E-state index contributed by atoms with van der Waals surface area (Å²) in [4.78, 5) is 4.14. The smallest absolute Gasteiger partial charge is 0.197 e. The molecule has 3 N–H and O–H groups in total. The van der Waals surface area contributed by atoms with Crippen molar-refractivity contribution < 1.29 is 9.84 Å². The van der Waals surface area contributed by atoms with Gasteiger partial charge >= 0.3 is 0 Å². The van der Waals surface area contributed by atoms with E-state index in [0.29, 0.717) is 0 Å². The number of fused-ring (bicyclic) bond motifs is 1. The highest BCUT2D eigenvalue weighted by molar-refractivity contribution is 6.05. The van der Waals surface area contributed by atoms with Crippen molar-refractivity contribution in [2.75, 3.05) is 13.7 Å². The number of amidine groups is 1. The molecule has 0 spiro atoms. The molecule has 1 saturated heterocycles. The van der Waals surface area contributed by atoms with Gasteiger partial charge in [0.05, 0.1) is 18.9 Å². The number of nitrogens with one attached hydrogen (secondary N) is 2. The maximum absolute atomic E-state index is 9.09. The van der Waals surface area contributed by atoms with Crippen LogP contribution in [0.5, 0.6) is 0 Å². The Kier molecular flexibility index (Phi) is 2.90. The summed E-state index contributed by atoms with van der Waals surface area (Å²) < 4.78 is 5.72. The summed E-state index contributed by atoms with van der Waals surface area (Å²) in [7, 11) is 1.80. The lowest BCUT2D eigenvalue weighted by Crippen LogP contribution is -2.45. The van der Waals surface area contributed by atoms with Gasteiger partial charge in [0.25, 0.3) is 0 Å². The molecule has 8 heteroatoms. The largest absolute Gasteiger partial charge is 0.394 e. The second kappa shape index (κ2) is 4.56. The van der Waals surface area contributed by atoms with Crippen molar-refractivity contribution in [3.8, 4) is 0 Å². The highest BCUT2D eigenvalue weighted by Gasteiger charge is 2.37. The Labute approximate surface area is 105 Å². The average molecular weight is 252 g/mol. The van der Waals surface area contributed by atoms with E-state index >= 15 is 0 Å². The van der Waals surface area contributed by atoms with E-state index in [1.54, 1.807) is 24.6 Å². The van der Waals surface area contributed by atoms with E-state index in [1.165, 1.54) is 0 Å². The lowest BCUT2D eigenvalue weighted by atomic mass is 10.2. The first kappa shape index (κ1) is 11.5. The fourth-order valence-corrected chi connectivity index (χ4v) is 2.24. The minimum absolute atomic E-state index is 0.0535. The summed E-state index contributed by atoms with van der Waals surface area (Å²) in [5, 5.41) is 16.9. The molecule has 3 aliphatic heterocycles. The first-order chi connectivity index (χ1) is 8.83. The van der Waals surface area contributed by atoms with Crippen LogP contribution in [0.25, 0.3) is 0 Å². The summed E-state index contributed by atoms with van der Waals surface area (Å²) in [6, 6.07) is 0. The van der Waals surface area contributed by atoms with E-state index in [0.717, 1.165) is 24.4 Å². The number of aliphatic imine (C=N–C) groups is 1. The average Bonchev–Trinajstić information content (AvgIpc) is 3.03. The van der Waals surface area contributed by atoms with Crippen LogP contribution < -0.4 is 11.0 Å². The standard InChI is InChI=1S/C10H16N6O2/c1-11-15-6-12-4-8-10(15)13-14-16(8)9-3-2-7(5-17)18-9/h4,6-7,9,11,14,17H,2-3,5H2,1H3/t7-,9-/m0/s1. The highest BCUT2D eigenvalue weighted by atomic mass is 16.5. The molecule has 0 bridgehead atoms. The molecule has 3 heterocycles. The van der Waals surface area contributed by atoms with Crippen LogP contribution in [-0.4, -0.2) is 53.3 Å². The second-order valence-electron chi connectivity index (χ2n) is 4.25. The molecule has 3 aliphatic rings. The minimum Gasteiger partial charge on any atom is -0.394 e. The van der Waals surface area contributed by atoms with E-state index in [9.17, 15) is 0 Å². The molecule has 0 aliphatic carbocycles. The zero-order valence-electron chi connectivity index (χ0n) is 10.1. The van der Waals surface area contributed by atoms with Crippen molar-refractivity contribution in [3.05, 3.63) is 11.9 Å². The van der Waals surface area contributed by atoms with Crippen molar-refractivity contribution in [2.45, 2.75) is 25.2 Å². The number of rotatable bonds is 3. The lowest BCUT2D eigenvalue weighted by molar-refractivity contribution is -0.0672. The van der Waals surface area contributed by atoms with Crippen molar-refractivity contribution in [1.82, 2.24) is 21.0 Å². The molecule has 18 heavy (non-hydrogen) atoms.